The minimum Gasteiger partial charge on any atom is -0.325 e. The summed E-state index contributed by atoms with van der Waals surface area (Å²) in [6, 6.07) is 0. The van der Waals surface area contributed by atoms with Crippen molar-refractivity contribution in [2.45, 2.75) is 5.92 Å². The zero-order valence-corrected chi connectivity index (χ0v) is 7.35. The third-order valence-corrected chi connectivity index (χ3v) is 2.37. The second-order valence-corrected chi connectivity index (χ2v) is 3.61. The number of rotatable bonds is 1. The van der Waals surface area contributed by atoms with Crippen molar-refractivity contribution in [2.24, 2.45) is 0 Å². The van der Waals surface area contributed by atoms with Crippen LogP contribution in [-0.4, -0.2) is 34.8 Å². The number of carbonyl (C=O) groups is 1. The van der Waals surface area contributed by atoms with E-state index in [9.17, 15) is 13.6 Å². The number of hydrogen-bond donors (Lipinski definition) is 0. The highest BCUT2D eigenvalue weighted by Gasteiger charge is 2.46. The first-order valence-corrected chi connectivity index (χ1v) is 4.58. The minimum absolute atomic E-state index is 0.250. The molecule has 1 fully saturated rings. The molecule has 1 aliphatic rings. The summed E-state index contributed by atoms with van der Waals surface area (Å²) < 4.78 is 24.8. The molecule has 2 heterocycles. The molecule has 0 spiro atoms. The third-order valence-electron chi connectivity index (χ3n) is 1.78. The van der Waals surface area contributed by atoms with Gasteiger partial charge in [0.25, 0.3) is 11.8 Å². The molecule has 0 atom stereocenters. The Bertz CT molecular complexity index is 317. The SMILES string of the molecule is O=C(c1cscn1)N1CC(F)(F)C1. The zero-order valence-electron chi connectivity index (χ0n) is 6.54. The number of hydrogen-bond acceptors (Lipinski definition) is 3. The number of amides is 1. The Hall–Kier alpha value is -1.04. The summed E-state index contributed by atoms with van der Waals surface area (Å²) in [6.45, 7) is -0.966. The van der Waals surface area contributed by atoms with Crippen molar-refractivity contribution >= 4 is 17.2 Å². The maximum absolute atomic E-state index is 12.4. The van der Waals surface area contributed by atoms with Crippen molar-refractivity contribution in [1.82, 2.24) is 9.88 Å². The van der Waals surface area contributed by atoms with Crippen LogP contribution in [0.1, 0.15) is 10.5 Å². The van der Waals surface area contributed by atoms with E-state index < -0.39 is 24.9 Å². The van der Waals surface area contributed by atoms with Crippen molar-refractivity contribution in [3.8, 4) is 0 Å². The molecule has 0 aliphatic carbocycles. The number of aromatic nitrogens is 1. The van der Waals surface area contributed by atoms with E-state index in [0.717, 1.165) is 4.90 Å². The molecule has 0 radical (unpaired) electrons. The predicted octanol–water partition coefficient (Wildman–Crippen LogP) is 1.23. The molecule has 0 unspecified atom stereocenters. The molecule has 0 saturated carbocycles. The number of thiazole rings is 1. The van der Waals surface area contributed by atoms with Gasteiger partial charge in [0, 0.05) is 5.38 Å². The summed E-state index contributed by atoms with van der Waals surface area (Å²) in [5.74, 6) is -3.11. The smallest absolute Gasteiger partial charge is 0.282 e. The van der Waals surface area contributed by atoms with Crippen LogP contribution in [0.5, 0.6) is 0 Å². The van der Waals surface area contributed by atoms with E-state index in [1.54, 1.807) is 5.38 Å². The second kappa shape index (κ2) is 2.73. The Morgan fingerprint density at radius 2 is 2.31 bits per heavy atom. The van der Waals surface area contributed by atoms with E-state index in [1.807, 2.05) is 0 Å². The molecule has 13 heavy (non-hydrogen) atoms. The highest BCUT2D eigenvalue weighted by Crippen LogP contribution is 2.27. The van der Waals surface area contributed by atoms with Crippen molar-refractivity contribution in [3.63, 3.8) is 0 Å². The summed E-state index contributed by atoms with van der Waals surface area (Å²) in [6.07, 6.45) is 0. The fourth-order valence-corrected chi connectivity index (χ4v) is 1.66. The second-order valence-electron chi connectivity index (χ2n) is 2.89. The number of carbonyl (C=O) groups excluding carboxylic acids is 1. The molecule has 0 aromatic carbocycles. The Morgan fingerprint density at radius 1 is 1.62 bits per heavy atom. The van der Waals surface area contributed by atoms with Gasteiger partial charge in [0.05, 0.1) is 18.6 Å². The lowest BCUT2D eigenvalue weighted by Crippen LogP contribution is -2.58. The number of nitrogens with zero attached hydrogens (tertiary/aromatic N) is 2. The molecule has 70 valence electrons. The highest BCUT2D eigenvalue weighted by atomic mass is 32.1. The minimum atomic E-state index is -2.70. The Labute approximate surface area is 77.0 Å². The van der Waals surface area contributed by atoms with Gasteiger partial charge < -0.3 is 4.90 Å². The van der Waals surface area contributed by atoms with Gasteiger partial charge >= 0.3 is 0 Å². The van der Waals surface area contributed by atoms with Crippen molar-refractivity contribution in [3.05, 3.63) is 16.6 Å². The van der Waals surface area contributed by atoms with Crippen LogP contribution in [0, 0.1) is 0 Å². The normalized spacial score (nSPS) is 19.7. The molecule has 0 bridgehead atoms. The predicted molar refractivity (Wildman–Crippen MR) is 43.0 cm³/mol. The molecule has 1 aromatic rings. The fourth-order valence-electron chi connectivity index (χ4n) is 1.14. The average molecular weight is 204 g/mol. The van der Waals surface area contributed by atoms with Crippen molar-refractivity contribution in [1.29, 1.82) is 0 Å². The topological polar surface area (TPSA) is 33.2 Å². The lowest BCUT2D eigenvalue weighted by atomic mass is 10.1. The average Bonchev–Trinajstić information content (AvgIpc) is 2.50. The summed E-state index contributed by atoms with van der Waals surface area (Å²) in [7, 11) is 0. The van der Waals surface area contributed by atoms with E-state index >= 15 is 0 Å². The fraction of sp³-hybridized carbons (Fsp3) is 0.429. The Kier molecular flexibility index (Phi) is 1.80. The summed E-state index contributed by atoms with van der Waals surface area (Å²) in [5, 5.41) is 1.55. The van der Waals surface area contributed by atoms with E-state index in [1.165, 1.54) is 16.8 Å². The van der Waals surface area contributed by atoms with E-state index in [4.69, 9.17) is 0 Å². The number of halogens is 2. The first-order valence-electron chi connectivity index (χ1n) is 3.64. The van der Waals surface area contributed by atoms with Crippen LogP contribution in [-0.2, 0) is 0 Å². The van der Waals surface area contributed by atoms with Crippen molar-refractivity contribution in [2.75, 3.05) is 13.1 Å². The maximum Gasteiger partial charge on any atom is 0.282 e. The molecule has 1 aliphatic heterocycles. The molecule has 0 N–H and O–H groups in total. The van der Waals surface area contributed by atoms with Gasteiger partial charge in [0.2, 0.25) is 0 Å². The largest absolute Gasteiger partial charge is 0.325 e. The van der Waals surface area contributed by atoms with Crippen LogP contribution < -0.4 is 0 Å². The first kappa shape index (κ1) is 8.55. The monoisotopic (exact) mass is 204 g/mol. The Morgan fingerprint density at radius 3 is 2.77 bits per heavy atom. The molecule has 6 heteroatoms. The van der Waals surface area contributed by atoms with Gasteiger partial charge in [-0.15, -0.1) is 11.3 Å². The summed E-state index contributed by atoms with van der Waals surface area (Å²) in [5.41, 5.74) is 1.76. The zero-order chi connectivity index (χ0) is 9.47. The summed E-state index contributed by atoms with van der Waals surface area (Å²) in [4.78, 5) is 16.2. The quantitative estimate of drug-likeness (QED) is 0.689. The molecule has 1 saturated heterocycles. The molecule has 1 aromatic heterocycles. The van der Waals surface area contributed by atoms with Gasteiger partial charge in [0.15, 0.2) is 0 Å². The van der Waals surface area contributed by atoms with Crippen LogP contribution in [0.15, 0.2) is 10.9 Å². The highest BCUT2D eigenvalue weighted by molar-refractivity contribution is 7.07. The van der Waals surface area contributed by atoms with Crippen LogP contribution in [0.2, 0.25) is 0 Å². The van der Waals surface area contributed by atoms with Crippen LogP contribution in [0.25, 0.3) is 0 Å². The number of alkyl halides is 2. The lowest BCUT2D eigenvalue weighted by molar-refractivity contribution is -0.113. The van der Waals surface area contributed by atoms with Gasteiger partial charge in [-0.3, -0.25) is 4.79 Å². The van der Waals surface area contributed by atoms with Crippen LogP contribution in [0.4, 0.5) is 8.78 Å². The van der Waals surface area contributed by atoms with Crippen LogP contribution >= 0.6 is 11.3 Å². The standard InChI is InChI=1S/C7H6F2N2OS/c8-7(9)2-11(3-7)6(12)5-1-13-4-10-5/h1,4H,2-3H2. The van der Waals surface area contributed by atoms with Gasteiger partial charge in [-0.25, -0.2) is 13.8 Å². The van der Waals surface area contributed by atoms with E-state index in [0.29, 0.717) is 0 Å². The lowest BCUT2D eigenvalue weighted by Gasteiger charge is -2.38. The molecular formula is C7H6F2N2OS. The molecular weight excluding hydrogens is 198 g/mol. The first-order chi connectivity index (χ1) is 6.08. The van der Waals surface area contributed by atoms with E-state index in [2.05, 4.69) is 4.98 Å². The molecule has 2 rings (SSSR count). The molecule has 3 nitrogen and oxygen atoms in total. The third kappa shape index (κ3) is 1.53. The van der Waals surface area contributed by atoms with Gasteiger partial charge in [0.1, 0.15) is 5.69 Å². The molecule has 1 amide bonds. The van der Waals surface area contributed by atoms with Gasteiger partial charge in [-0.2, -0.15) is 0 Å². The van der Waals surface area contributed by atoms with Crippen LogP contribution in [0.3, 0.4) is 0 Å². The Balaban J connectivity index is 2.02. The van der Waals surface area contributed by atoms with E-state index in [-0.39, 0.29) is 5.69 Å². The summed E-state index contributed by atoms with van der Waals surface area (Å²) >= 11 is 1.27. The number of likely N-dealkylation sites (tertiary alicyclic amines) is 1. The van der Waals surface area contributed by atoms with Gasteiger partial charge in [-0.1, -0.05) is 0 Å². The maximum atomic E-state index is 12.4. The van der Waals surface area contributed by atoms with Crippen molar-refractivity contribution < 1.29 is 13.6 Å². The van der Waals surface area contributed by atoms with Gasteiger partial charge in [-0.05, 0) is 0 Å².